The molecule has 2 fully saturated rings. The van der Waals surface area contributed by atoms with Gasteiger partial charge in [-0.15, -0.1) is 0 Å². The molecule has 2 saturated heterocycles. The summed E-state index contributed by atoms with van der Waals surface area (Å²) in [4.78, 5) is 25.7. The Hall–Kier alpha value is -3.92. The van der Waals surface area contributed by atoms with Crippen molar-refractivity contribution >= 4 is 28.3 Å². The highest BCUT2D eigenvalue weighted by Crippen LogP contribution is 2.30. The topological polar surface area (TPSA) is 90.0 Å². The van der Waals surface area contributed by atoms with Crippen LogP contribution in [0, 0.1) is 0 Å². The maximum atomic E-state index is 13.6. The van der Waals surface area contributed by atoms with Crippen LogP contribution in [0.4, 0.5) is 20.3 Å². The van der Waals surface area contributed by atoms with E-state index in [1.54, 1.807) is 23.5 Å². The molecule has 0 saturated carbocycles. The van der Waals surface area contributed by atoms with Crippen LogP contribution in [0.5, 0.6) is 0 Å². The van der Waals surface area contributed by atoms with Crippen molar-refractivity contribution in [3.63, 3.8) is 0 Å². The lowest BCUT2D eigenvalue weighted by Gasteiger charge is -2.31. The van der Waals surface area contributed by atoms with E-state index in [-0.39, 0.29) is 24.6 Å². The maximum absolute atomic E-state index is 13.6. The minimum Gasteiger partial charge on any atom is -0.356 e. The molecule has 0 atom stereocenters. The highest BCUT2D eigenvalue weighted by atomic mass is 19.3. The number of anilines is 2. The summed E-state index contributed by atoms with van der Waals surface area (Å²) in [5.41, 5.74) is 4.18. The summed E-state index contributed by atoms with van der Waals surface area (Å²) >= 11 is 0. The summed E-state index contributed by atoms with van der Waals surface area (Å²) in [7, 11) is 0. The maximum Gasteiger partial charge on any atom is 0.276 e. The molecular weight excluding hydrogens is 464 g/mol. The van der Waals surface area contributed by atoms with Crippen molar-refractivity contribution < 1.29 is 13.6 Å². The lowest BCUT2D eigenvalue weighted by molar-refractivity contribution is 0.0115. The van der Waals surface area contributed by atoms with Crippen molar-refractivity contribution in [3.05, 3.63) is 66.2 Å². The Morgan fingerprint density at radius 3 is 2.67 bits per heavy atom. The van der Waals surface area contributed by atoms with Crippen LogP contribution in [0.15, 0.2) is 55.0 Å². The summed E-state index contributed by atoms with van der Waals surface area (Å²) in [6.07, 6.45) is 6.15. The number of carbonyl (C=O) groups excluding carboxylic acids is 1. The lowest BCUT2D eigenvalue weighted by atomic mass is 10.0. The predicted octanol–water partition coefficient (Wildman–Crippen LogP) is 4.32. The number of alkyl halides is 2. The van der Waals surface area contributed by atoms with Crippen molar-refractivity contribution in [2.24, 2.45) is 0 Å². The summed E-state index contributed by atoms with van der Waals surface area (Å²) in [5.74, 6) is -2.05. The second-order valence-electron chi connectivity index (χ2n) is 9.43. The Morgan fingerprint density at radius 2 is 1.94 bits per heavy atom. The number of H-pyrrole nitrogens is 1. The van der Waals surface area contributed by atoms with E-state index in [2.05, 4.69) is 30.4 Å². The van der Waals surface area contributed by atoms with Gasteiger partial charge in [0.05, 0.1) is 23.9 Å². The molecule has 4 aromatic rings. The van der Waals surface area contributed by atoms with E-state index in [4.69, 9.17) is 0 Å². The van der Waals surface area contributed by atoms with Crippen molar-refractivity contribution in [2.75, 3.05) is 36.4 Å². The molecule has 3 aromatic heterocycles. The van der Waals surface area contributed by atoms with E-state index < -0.39 is 5.92 Å². The van der Waals surface area contributed by atoms with Crippen LogP contribution < -0.4 is 10.2 Å². The number of rotatable bonds is 6. The van der Waals surface area contributed by atoms with Crippen LogP contribution in [0.25, 0.3) is 22.0 Å². The number of hydrogen-bond donors (Lipinski definition) is 2. The van der Waals surface area contributed by atoms with Crippen molar-refractivity contribution in [2.45, 2.75) is 25.3 Å². The molecule has 10 heteroatoms. The van der Waals surface area contributed by atoms with Gasteiger partial charge in [0, 0.05) is 55.9 Å². The first-order valence-electron chi connectivity index (χ1n) is 12.0. The molecule has 1 amide bonds. The number of carbonyl (C=O) groups is 1. The Labute approximate surface area is 206 Å². The standard InChI is InChI=1S/C26H25F2N7O/c27-26(28)6-9-34(16-26)15-17-10-19(13-29-12-17)18-2-4-22-21(11-18)24(33-32-22)25(36)31-20-3-5-23(30-14-20)35-7-1-8-35/h2-5,10-14H,1,6-9,15-16H2,(H,31,36)(H,32,33). The lowest BCUT2D eigenvalue weighted by Crippen LogP contribution is -2.37. The van der Waals surface area contributed by atoms with E-state index in [0.717, 1.165) is 41.1 Å². The summed E-state index contributed by atoms with van der Waals surface area (Å²) in [5, 5.41) is 10.7. The molecule has 0 aliphatic carbocycles. The van der Waals surface area contributed by atoms with Crippen LogP contribution in [-0.4, -0.2) is 63.1 Å². The number of hydrogen-bond acceptors (Lipinski definition) is 6. The first kappa shape index (κ1) is 22.5. The second kappa shape index (κ2) is 8.94. The van der Waals surface area contributed by atoms with Crippen LogP contribution in [0.1, 0.15) is 28.9 Å². The quantitative estimate of drug-likeness (QED) is 0.419. The van der Waals surface area contributed by atoms with Gasteiger partial charge < -0.3 is 10.2 Å². The fourth-order valence-corrected chi connectivity index (χ4v) is 4.68. The molecule has 184 valence electrons. The largest absolute Gasteiger partial charge is 0.356 e. The van der Waals surface area contributed by atoms with Gasteiger partial charge in [-0.25, -0.2) is 13.8 Å². The van der Waals surface area contributed by atoms with Crippen LogP contribution in [0.3, 0.4) is 0 Å². The number of fused-ring (bicyclic) bond motifs is 1. The predicted molar refractivity (Wildman–Crippen MR) is 133 cm³/mol. The summed E-state index contributed by atoms with van der Waals surface area (Å²) in [6, 6.07) is 11.4. The molecule has 1 aromatic carbocycles. The third kappa shape index (κ3) is 4.51. The highest BCUT2D eigenvalue weighted by Gasteiger charge is 2.37. The van der Waals surface area contributed by atoms with Gasteiger partial charge in [-0.1, -0.05) is 6.07 Å². The van der Waals surface area contributed by atoms with E-state index in [1.165, 1.54) is 6.42 Å². The SMILES string of the molecule is O=C(Nc1ccc(N2CCC2)nc1)c1n[nH]c2ccc(-c3cncc(CN4CCC(F)(F)C4)c3)cc12. The van der Waals surface area contributed by atoms with Crippen molar-refractivity contribution in [1.29, 1.82) is 0 Å². The van der Waals surface area contributed by atoms with Gasteiger partial charge in [0.2, 0.25) is 0 Å². The number of amides is 1. The third-order valence-electron chi connectivity index (χ3n) is 6.75. The van der Waals surface area contributed by atoms with Gasteiger partial charge in [0.1, 0.15) is 5.82 Å². The molecule has 0 bridgehead atoms. The van der Waals surface area contributed by atoms with E-state index >= 15 is 0 Å². The zero-order valence-electron chi connectivity index (χ0n) is 19.5. The average Bonchev–Trinajstić information content (AvgIpc) is 3.41. The monoisotopic (exact) mass is 489 g/mol. The number of nitrogens with zero attached hydrogens (tertiary/aromatic N) is 5. The molecule has 5 heterocycles. The first-order valence-corrected chi connectivity index (χ1v) is 12.0. The highest BCUT2D eigenvalue weighted by molar-refractivity contribution is 6.11. The Kier molecular flexibility index (Phi) is 5.60. The molecule has 6 rings (SSSR count). The zero-order chi connectivity index (χ0) is 24.7. The molecular formula is C26H25F2N7O. The second-order valence-corrected chi connectivity index (χ2v) is 9.43. The fourth-order valence-electron chi connectivity index (χ4n) is 4.68. The number of benzene rings is 1. The van der Waals surface area contributed by atoms with Gasteiger partial charge in [0.15, 0.2) is 5.69 Å². The van der Waals surface area contributed by atoms with Crippen LogP contribution in [-0.2, 0) is 6.54 Å². The number of halogens is 2. The zero-order valence-corrected chi connectivity index (χ0v) is 19.5. The van der Waals surface area contributed by atoms with E-state index in [9.17, 15) is 13.6 Å². The summed E-state index contributed by atoms with van der Waals surface area (Å²) in [6.45, 7) is 2.57. The first-order chi connectivity index (χ1) is 17.4. The molecule has 36 heavy (non-hydrogen) atoms. The van der Waals surface area contributed by atoms with Crippen LogP contribution >= 0.6 is 0 Å². The van der Waals surface area contributed by atoms with E-state index in [1.807, 2.05) is 36.4 Å². The molecule has 2 aliphatic heterocycles. The number of likely N-dealkylation sites (tertiary alicyclic amines) is 1. The Balaban J connectivity index is 1.21. The molecule has 0 unspecified atom stereocenters. The average molecular weight is 490 g/mol. The van der Waals surface area contributed by atoms with Gasteiger partial charge in [-0.05, 0) is 47.9 Å². The Morgan fingerprint density at radius 1 is 1.06 bits per heavy atom. The van der Waals surface area contributed by atoms with Crippen molar-refractivity contribution in [3.8, 4) is 11.1 Å². The molecule has 0 radical (unpaired) electrons. The minimum atomic E-state index is -2.62. The number of pyridine rings is 2. The van der Waals surface area contributed by atoms with Gasteiger partial charge >= 0.3 is 0 Å². The smallest absolute Gasteiger partial charge is 0.276 e. The molecule has 2 N–H and O–H groups in total. The van der Waals surface area contributed by atoms with E-state index in [0.29, 0.717) is 24.2 Å². The molecule has 2 aliphatic rings. The minimum absolute atomic E-state index is 0.110. The fraction of sp³-hybridized carbons (Fsp3) is 0.308. The van der Waals surface area contributed by atoms with Crippen LogP contribution in [0.2, 0.25) is 0 Å². The number of aromatic nitrogens is 4. The van der Waals surface area contributed by atoms with Gasteiger partial charge in [-0.3, -0.25) is 19.8 Å². The number of nitrogens with one attached hydrogen (secondary N) is 2. The normalized spacial score (nSPS) is 17.3. The van der Waals surface area contributed by atoms with Gasteiger partial charge in [-0.2, -0.15) is 5.10 Å². The van der Waals surface area contributed by atoms with Crippen molar-refractivity contribution in [1.82, 2.24) is 25.1 Å². The number of aromatic amines is 1. The molecule has 0 spiro atoms. The Bertz CT molecular complexity index is 1420. The van der Waals surface area contributed by atoms with Gasteiger partial charge in [0.25, 0.3) is 11.8 Å². The third-order valence-corrected chi connectivity index (χ3v) is 6.75. The summed E-state index contributed by atoms with van der Waals surface area (Å²) < 4.78 is 27.1. The molecule has 8 nitrogen and oxygen atoms in total.